The van der Waals surface area contributed by atoms with E-state index in [0.717, 1.165) is 37.6 Å². The first kappa shape index (κ1) is 38.6. The average molecular weight is 787 g/mol. The van der Waals surface area contributed by atoms with Crippen LogP contribution in [0.3, 0.4) is 0 Å². The summed E-state index contributed by atoms with van der Waals surface area (Å²) >= 11 is 0. The van der Waals surface area contributed by atoms with Crippen LogP contribution in [0.4, 0.5) is 20.3 Å². The van der Waals surface area contributed by atoms with Crippen LogP contribution in [-0.2, 0) is 9.59 Å². The van der Waals surface area contributed by atoms with Gasteiger partial charge >= 0.3 is 0 Å². The second kappa shape index (κ2) is 16.0. The lowest BCUT2D eigenvalue weighted by molar-refractivity contribution is -0.134. The van der Waals surface area contributed by atoms with E-state index in [-0.39, 0.29) is 54.5 Å². The molecule has 2 aliphatic carbocycles. The van der Waals surface area contributed by atoms with Gasteiger partial charge < -0.3 is 24.6 Å². The molecule has 3 amide bonds. The Morgan fingerprint density at radius 3 is 2.60 bits per heavy atom. The van der Waals surface area contributed by atoms with Crippen LogP contribution >= 0.6 is 0 Å². The second-order valence-corrected chi connectivity index (χ2v) is 16.2. The topological polar surface area (TPSA) is 164 Å². The number of halogens is 2. The van der Waals surface area contributed by atoms with Crippen molar-refractivity contribution in [1.29, 1.82) is 0 Å². The van der Waals surface area contributed by atoms with E-state index in [0.29, 0.717) is 48.8 Å². The molecule has 5 heterocycles. The van der Waals surface area contributed by atoms with Gasteiger partial charge in [-0.3, -0.25) is 34.1 Å². The molecule has 2 saturated heterocycles. The van der Waals surface area contributed by atoms with Crippen molar-refractivity contribution in [2.75, 3.05) is 42.9 Å². The standard InChI is InChI=1S/C41H48F2N8O6/c1-23(2)57-36-17-34-26(14-30(36)40(55)45-33-4-3-11-50(41(33)56)35-16-31(35)42)20-51(47-34)27-7-5-24(6-8-27)19-48-12-13-49(22-28(52)21-48)38-32(43)15-25(18-44-38)29-9-10-37(53)46-39(29)54/h3-4,11,14-15,17-18,20,23-24,27-29,31,35,52H,5-10,12-13,16,19,21-22H2,1-2H3,(H,45,55)(H,46,53,54)/t24?,27?,28?,29?,31-,35+/m1/s1. The normalized spacial score (nSPS) is 25.7. The first-order valence-electron chi connectivity index (χ1n) is 19.9. The van der Waals surface area contributed by atoms with Gasteiger partial charge in [-0.15, -0.1) is 0 Å². The lowest BCUT2D eigenvalue weighted by Crippen LogP contribution is -2.39. The maximum absolute atomic E-state index is 15.4. The molecule has 14 nitrogen and oxygen atoms in total. The van der Waals surface area contributed by atoms with E-state index in [1.54, 1.807) is 23.1 Å². The number of piperidine rings is 1. The number of hydrogen-bond acceptors (Lipinski definition) is 10. The van der Waals surface area contributed by atoms with E-state index in [4.69, 9.17) is 9.84 Å². The van der Waals surface area contributed by atoms with Crippen LogP contribution in [0.2, 0.25) is 0 Å². The number of hydrogen-bond donors (Lipinski definition) is 3. The van der Waals surface area contributed by atoms with Gasteiger partial charge in [0.2, 0.25) is 11.8 Å². The van der Waals surface area contributed by atoms with E-state index in [2.05, 4.69) is 20.5 Å². The number of pyridine rings is 2. The SMILES string of the molecule is CC(C)Oc1cc2nn(C3CCC(CN4CCN(c5ncc(C6CCC(=O)NC6=O)cc5F)CC(O)C4)CC3)cc2cc1C(=O)Nc1cccn([C@H]2C[C@H]2F)c1=O. The van der Waals surface area contributed by atoms with E-state index in [1.807, 2.05) is 24.7 Å². The van der Waals surface area contributed by atoms with Gasteiger partial charge in [0, 0.05) is 75.6 Å². The summed E-state index contributed by atoms with van der Waals surface area (Å²) in [7, 11) is 0. The molecule has 0 bridgehead atoms. The molecule has 57 heavy (non-hydrogen) atoms. The van der Waals surface area contributed by atoms with Crippen LogP contribution in [0.1, 0.15) is 92.7 Å². The number of ether oxygens (including phenoxy) is 1. The number of nitrogens with zero attached hydrogens (tertiary/aromatic N) is 6. The number of anilines is 2. The van der Waals surface area contributed by atoms with Crippen LogP contribution < -0.4 is 25.8 Å². The fraction of sp³-hybridized carbons (Fsp3) is 0.512. The van der Waals surface area contributed by atoms with Crippen molar-refractivity contribution in [2.24, 2.45) is 5.92 Å². The third kappa shape index (κ3) is 8.42. The second-order valence-electron chi connectivity index (χ2n) is 16.2. The minimum atomic E-state index is -1.06. The molecule has 2 aliphatic heterocycles. The third-order valence-corrected chi connectivity index (χ3v) is 11.6. The number of fused-ring (bicyclic) bond motifs is 1. The number of benzene rings is 1. The lowest BCUT2D eigenvalue weighted by atomic mass is 9.85. The Labute approximate surface area is 328 Å². The van der Waals surface area contributed by atoms with Crippen LogP contribution in [0, 0.1) is 11.7 Å². The van der Waals surface area contributed by atoms with E-state index in [9.17, 15) is 28.7 Å². The molecule has 0 spiro atoms. The fourth-order valence-electron chi connectivity index (χ4n) is 8.53. The number of imide groups is 1. The first-order valence-corrected chi connectivity index (χ1v) is 19.9. The molecule has 16 heteroatoms. The number of amides is 3. The van der Waals surface area contributed by atoms with E-state index < -0.39 is 47.4 Å². The monoisotopic (exact) mass is 786 g/mol. The molecule has 4 aliphatic rings. The molecular formula is C41H48F2N8O6. The number of aromatic nitrogens is 4. The lowest BCUT2D eigenvalue weighted by Gasteiger charge is -2.32. The Morgan fingerprint density at radius 2 is 1.88 bits per heavy atom. The highest BCUT2D eigenvalue weighted by Gasteiger charge is 2.40. The van der Waals surface area contributed by atoms with Crippen molar-refractivity contribution in [3.8, 4) is 5.75 Å². The van der Waals surface area contributed by atoms with Gasteiger partial charge in [-0.25, -0.2) is 13.8 Å². The summed E-state index contributed by atoms with van der Waals surface area (Å²) in [5.41, 5.74) is 1.00. The third-order valence-electron chi connectivity index (χ3n) is 11.6. The van der Waals surface area contributed by atoms with Crippen LogP contribution in [0.5, 0.6) is 5.75 Å². The van der Waals surface area contributed by atoms with Gasteiger partial charge in [0.15, 0.2) is 11.6 Å². The zero-order chi connectivity index (χ0) is 40.0. The number of aliphatic hydroxyl groups excluding tert-OH is 1. The Morgan fingerprint density at radius 1 is 1.09 bits per heavy atom. The number of rotatable bonds is 10. The number of nitrogens with one attached hydrogen (secondary N) is 2. The predicted molar refractivity (Wildman–Crippen MR) is 208 cm³/mol. The largest absolute Gasteiger partial charge is 0.490 e. The summed E-state index contributed by atoms with van der Waals surface area (Å²) in [5.74, 6) is -1.56. The number of β-amino-alcohol motifs (C(OH)–C–C–N with tert-alkyl or cyclic N) is 1. The molecule has 1 aromatic carbocycles. The zero-order valence-electron chi connectivity index (χ0n) is 32.1. The summed E-state index contributed by atoms with van der Waals surface area (Å²) in [6, 6.07) is 7.60. The summed E-state index contributed by atoms with van der Waals surface area (Å²) in [4.78, 5) is 58.8. The quantitative estimate of drug-likeness (QED) is 0.195. The molecule has 0 radical (unpaired) electrons. The molecule has 8 rings (SSSR count). The Hall–Kier alpha value is -5.22. The molecular weight excluding hydrogens is 738 g/mol. The van der Waals surface area contributed by atoms with Gasteiger partial charge in [0.05, 0.1) is 41.3 Å². The molecule has 4 atom stereocenters. The van der Waals surface area contributed by atoms with E-state index >= 15 is 4.39 Å². The minimum Gasteiger partial charge on any atom is -0.490 e. The van der Waals surface area contributed by atoms with Crippen LogP contribution in [0.25, 0.3) is 10.9 Å². The highest BCUT2D eigenvalue weighted by molar-refractivity contribution is 6.08. The summed E-state index contributed by atoms with van der Waals surface area (Å²) in [6.45, 7) is 6.36. The number of carbonyl (C=O) groups is 3. The van der Waals surface area contributed by atoms with Crippen molar-refractivity contribution in [3.63, 3.8) is 0 Å². The maximum atomic E-state index is 15.4. The number of carbonyl (C=O) groups excluding carboxylic acids is 3. The summed E-state index contributed by atoms with van der Waals surface area (Å²) in [5, 5.41) is 21.6. The van der Waals surface area contributed by atoms with Gasteiger partial charge in [-0.1, -0.05) is 0 Å². The molecule has 4 fully saturated rings. The smallest absolute Gasteiger partial charge is 0.274 e. The van der Waals surface area contributed by atoms with E-state index in [1.165, 1.54) is 29.1 Å². The van der Waals surface area contributed by atoms with Gasteiger partial charge in [0.1, 0.15) is 17.6 Å². The maximum Gasteiger partial charge on any atom is 0.274 e. The molecule has 2 unspecified atom stereocenters. The molecule has 302 valence electrons. The number of aliphatic hydroxyl groups is 1. The highest BCUT2D eigenvalue weighted by Crippen LogP contribution is 2.38. The first-order chi connectivity index (χ1) is 27.4. The fourth-order valence-corrected chi connectivity index (χ4v) is 8.53. The van der Waals surface area contributed by atoms with Gasteiger partial charge in [-0.05, 0) is 81.7 Å². The summed E-state index contributed by atoms with van der Waals surface area (Å²) < 4.78 is 38.5. The molecule has 3 N–H and O–H groups in total. The Balaban J connectivity index is 0.888. The van der Waals surface area contributed by atoms with Gasteiger partial charge in [-0.2, -0.15) is 5.10 Å². The zero-order valence-corrected chi connectivity index (χ0v) is 32.1. The average Bonchev–Trinajstić information content (AvgIpc) is 3.80. The number of alkyl halides is 1. The van der Waals surface area contributed by atoms with Crippen molar-refractivity contribution >= 4 is 40.1 Å². The minimum absolute atomic E-state index is 0.0703. The highest BCUT2D eigenvalue weighted by atomic mass is 19.1. The predicted octanol–water partition coefficient (Wildman–Crippen LogP) is 4.49. The van der Waals surface area contributed by atoms with Gasteiger partial charge in [0.25, 0.3) is 11.5 Å². The molecule has 2 saturated carbocycles. The Kier molecular flexibility index (Phi) is 10.8. The van der Waals surface area contributed by atoms with Crippen molar-refractivity contribution < 1.29 is 33.0 Å². The van der Waals surface area contributed by atoms with Crippen LogP contribution in [-0.4, -0.2) is 98.2 Å². The van der Waals surface area contributed by atoms with Crippen molar-refractivity contribution in [2.45, 2.75) is 95.2 Å². The molecule has 3 aromatic heterocycles. The Bertz CT molecular complexity index is 2240. The van der Waals surface area contributed by atoms with Crippen molar-refractivity contribution in [1.82, 2.24) is 29.5 Å². The van der Waals surface area contributed by atoms with Crippen molar-refractivity contribution in [3.05, 3.63) is 76.2 Å². The summed E-state index contributed by atoms with van der Waals surface area (Å²) in [6.07, 6.45) is 7.51. The van der Waals surface area contributed by atoms with Crippen LogP contribution in [0.15, 0.2) is 53.7 Å². The molecule has 4 aromatic rings.